The summed E-state index contributed by atoms with van der Waals surface area (Å²) < 4.78 is 6.29. The van der Waals surface area contributed by atoms with Gasteiger partial charge in [-0.25, -0.2) is 0 Å². The predicted molar refractivity (Wildman–Crippen MR) is 129 cm³/mol. The number of piperidine rings is 1. The standard InChI is InChI=1S/C27H35N3O3/c1-20(2)19-25(27(31)29-16-15-28)33-26(23-7-5-4-6-8-23)24-11-9-21(10-12-24)22-13-17-30(3,32)18-14-22/h4-12,20,22,25-26H,13-14,16-19H2,1-3H3,(H,29,31)/t22?,25-,26+,30?/m0/s1. The quantitative estimate of drug-likeness (QED) is 0.342. The minimum atomic E-state index is -0.658. The second kappa shape index (κ2) is 11.4. The van der Waals surface area contributed by atoms with Crippen molar-refractivity contribution in [3.8, 4) is 6.07 Å². The van der Waals surface area contributed by atoms with Gasteiger partial charge in [0.25, 0.3) is 0 Å². The van der Waals surface area contributed by atoms with Gasteiger partial charge in [-0.15, -0.1) is 0 Å². The molecule has 0 aromatic heterocycles. The number of hydrogen-bond acceptors (Lipinski definition) is 4. The van der Waals surface area contributed by atoms with Crippen LogP contribution < -0.4 is 5.32 Å². The van der Waals surface area contributed by atoms with E-state index >= 15 is 0 Å². The Balaban J connectivity index is 1.83. The number of ether oxygens (including phenoxy) is 1. The summed E-state index contributed by atoms with van der Waals surface area (Å²) in [5, 5.41) is 23.7. The second-order valence-electron chi connectivity index (χ2n) is 9.61. The number of nitriles is 1. The third-order valence-electron chi connectivity index (χ3n) is 6.33. The number of nitrogens with zero attached hydrogens (tertiary/aromatic N) is 2. The van der Waals surface area contributed by atoms with Crippen LogP contribution in [0, 0.1) is 22.5 Å². The molecule has 1 amide bonds. The van der Waals surface area contributed by atoms with Gasteiger partial charge in [0.05, 0.1) is 26.2 Å². The summed E-state index contributed by atoms with van der Waals surface area (Å²) in [4.78, 5) is 12.7. The maximum absolute atomic E-state index is 12.7. The van der Waals surface area contributed by atoms with Gasteiger partial charge in [-0.05, 0) is 34.9 Å². The largest absolute Gasteiger partial charge is 0.633 e. The van der Waals surface area contributed by atoms with Gasteiger partial charge < -0.3 is 19.9 Å². The van der Waals surface area contributed by atoms with Crippen LogP contribution in [0.3, 0.4) is 0 Å². The second-order valence-corrected chi connectivity index (χ2v) is 9.61. The molecule has 0 aliphatic carbocycles. The lowest BCUT2D eigenvalue weighted by molar-refractivity contribution is -0.866. The van der Waals surface area contributed by atoms with Crippen LogP contribution >= 0.6 is 0 Å². The van der Waals surface area contributed by atoms with Gasteiger partial charge in [-0.2, -0.15) is 5.26 Å². The maximum atomic E-state index is 12.7. The topological polar surface area (TPSA) is 85.2 Å². The van der Waals surface area contributed by atoms with Crippen molar-refractivity contribution >= 4 is 5.91 Å². The van der Waals surface area contributed by atoms with Crippen LogP contribution in [-0.2, 0) is 9.53 Å². The first-order valence-electron chi connectivity index (χ1n) is 11.8. The van der Waals surface area contributed by atoms with Gasteiger partial charge in [0.1, 0.15) is 18.8 Å². The third-order valence-corrected chi connectivity index (χ3v) is 6.33. The van der Waals surface area contributed by atoms with Crippen molar-refractivity contribution < 1.29 is 14.2 Å². The molecule has 1 saturated heterocycles. The van der Waals surface area contributed by atoms with Crippen molar-refractivity contribution in [2.75, 3.05) is 26.7 Å². The fourth-order valence-corrected chi connectivity index (χ4v) is 4.43. The van der Waals surface area contributed by atoms with Crippen LogP contribution in [-0.4, -0.2) is 43.3 Å². The first-order chi connectivity index (χ1) is 15.8. The number of nitrogens with one attached hydrogen (secondary N) is 1. The van der Waals surface area contributed by atoms with Gasteiger partial charge in [0.2, 0.25) is 5.91 Å². The van der Waals surface area contributed by atoms with E-state index in [4.69, 9.17) is 10.00 Å². The first kappa shape index (κ1) is 24.9. The lowest BCUT2D eigenvalue weighted by Crippen LogP contribution is -2.43. The lowest BCUT2D eigenvalue weighted by atomic mass is 9.88. The molecule has 1 aliphatic rings. The number of hydroxylamine groups is 3. The van der Waals surface area contributed by atoms with Crippen molar-refractivity contribution in [3.05, 3.63) is 76.5 Å². The maximum Gasteiger partial charge on any atom is 0.250 e. The zero-order valence-electron chi connectivity index (χ0n) is 19.9. The number of quaternary nitrogens is 1. The summed E-state index contributed by atoms with van der Waals surface area (Å²) in [6.07, 6.45) is 1.30. The molecule has 2 aromatic carbocycles. The first-order valence-corrected chi connectivity index (χ1v) is 11.8. The van der Waals surface area contributed by atoms with Crippen molar-refractivity contribution in [1.82, 2.24) is 5.32 Å². The number of amides is 1. The zero-order chi connectivity index (χ0) is 23.8. The summed E-state index contributed by atoms with van der Waals surface area (Å²) in [5.74, 6) is 0.405. The van der Waals surface area contributed by atoms with E-state index in [0.717, 1.165) is 24.0 Å². The lowest BCUT2D eigenvalue weighted by Gasteiger charge is -2.44. The Labute approximate surface area is 197 Å². The molecule has 33 heavy (non-hydrogen) atoms. The molecular formula is C27H35N3O3. The van der Waals surface area contributed by atoms with Gasteiger partial charge in [-0.1, -0.05) is 68.4 Å². The Bertz CT molecular complexity index is 925. The number of carbonyl (C=O) groups excluding carboxylic acids is 1. The smallest absolute Gasteiger partial charge is 0.250 e. The number of benzene rings is 2. The Hall–Kier alpha value is -2.72. The summed E-state index contributed by atoms with van der Waals surface area (Å²) in [5.41, 5.74) is 3.20. The van der Waals surface area contributed by atoms with Crippen molar-refractivity contribution in [1.29, 1.82) is 5.26 Å². The predicted octanol–water partition coefficient (Wildman–Crippen LogP) is 4.67. The molecule has 1 fully saturated rings. The minimum absolute atomic E-state index is 0.0377. The van der Waals surface area contributed by atoms with Crippen LogP contribution in [0.5, 0.6) is 0 Å². The highest BCUT2D eigenvalue weighted by molar-refractivity contribution is 5.81. The number of likely N-dealkylation sites (tertiary alicyclic amines) is 1. The number of carbonyl (C=O) groups is 1. The van der Waals surface area contributed by atoms with Crippen molar-refractivity contribution in [3.63, 3.8) is 0 Å². The molecule has 2 aromatic rings. The monoisotopic (exact) mass is 449 g/mol. The summed E-state index contributed by atoms with van der Waals surface area (Å²) in [6.45, 7) is 5.36. The van der Waals surface area contributed by atoms with Gasteiger partial charge >= 0.3 is 0 Å². The Kier molecular flexibility index (Phi) is 8.62. The molecule has 0 saturated carbocycles. The Morgan fingerprint density at radius 1 is 1.12 bits per heavy atom. The molecule has 6 nitrogen and oxygen atoms in total. The minimum Gasteiger partial charge on any atom is -0.633 e. The average Bonchev–Trinajstić information content (AvgIpc) is 2.80. The molecule has 0 spiro atoms. The van der Waals surface area contributed by atoms with E-state index < -0.39 is 12.2 Å². The van der Waals surface area contributed by atoms with Crippen LogP contribution in [0.15, 0.2) is 54.6 Å². The van der Waals surface area contributed by atoms with E-state index in [0.29, 0.717) is 25.4 Å². The van der Waals surface area contributed by atoms with E-state index in [1.807, 2.05) is 36.4 Å². The van der Waals surface area contributed by atoms with E-state index in [-0.39, 0.29) is 23.0 Å². The van der Waals surface area contributed by atoms with Crippen LogP contribution in [0.4, 0.5) is 0 Å². The van der Waals surface area contributed by atoms with Crippen molar-refractivity contribution in [2.24, 2.45) is 5.92 Å². The van der Waals surface area contributed by atoms with E-state index in [1.165, 1.54) is 5.56 Å². The molecule has 0 bridgehead atoms. The SMILES string of the molecule is CC(C)C[C@H](O[C@H](c1ccccc1)c1ccc(C2CC[N+](C)([O-])CC2)cc1)C(=O)NCC#N. The number of rotatable bonds is 9. The zero-order valence-corrected chi connectivity index (χ0v) is 19.9. The Morgan fingerprint density at radius 2 is 1.73 bits per heavy atom. The molecule has 176 valence electrons. The fraction of sp³-hybridized carbons (Fsp3) is 0.481. The molecule has 1 aliphatic heterocycles. The van der Waals surface area contributed by atoms with E-state index in [9.17, 15) is 10.0 Å². The van der Waals surface area contributed by atoms with Crippen molar-refractivity contribution in [2.45, 2.75) is 51.2 Å². The Morgan fingerprint density at radius 3 is 2.30 bits per heavy atom. The molecule has 6 heteroatoms. The molecule has 0 unspecified atom stereocenters. The van der Waals surface area contributed by atoms with Crippen LogP contribution in [0.25, 0.3) is 0 Å². The average molecular weight is 450 g/mol. The molecule has 0 radical (unpaired) electrons. The fourth-order valence-electron chi connectivity index (χ4n) is 4.43. The molecule has 2 atom stereocenters. The highest BCUT2D eigenvalue weighted by Crippen LogP contribution is 2.33. The van der Waals surface area contributed by atoms with E-state index in [1.54, 1.807) is 7.05 Å². The van der Waals surface area contributed by atoms with Gasteiger partial charge in [0, 0.05) is 12.8 Å². The summed E-state index contributed by atoms with van der Waals surface area (Å²) in [6, 6.07) is 20.3. The van der Waals surface area contributed by atoms with Crippen LogP contribution in [0.2, 0.25) is 0 Å². The van der Waals surface area contributed by atoms with Gasteiger partial charge in [0.15, 0.2) is 0 Å². The summed E-state index contributed by atoms with van der Waals surface area (Å²) in [7, 11) is 1.75. The molecule has 1 N–H and O–H groups in total. The number of hydrogen-bond donors (Lipinski definition) is 1. The highest BCUT2D eigenvalue weighted by Gasteiger charge is 2.28. The van der Waals surface area contributed by atoms with Gasteiger partial charge in [-0.3, -0.25) is 4.79 Å². The normalized spacial score (nSPS) is 22.4. The highest BCUT2D eigenvalue weighted by atomic mass is 16.5. The molecular weight excluding hydrogens is 414 g/mol. The molecule has 3 rings (SSSR count). The summed E-state index contributed by atoms with van der Waals surface area (Å²) >= 11 is 0. The van der Waals surface area contributed by atoms with E-state index in [2.05, 4.69) is 43.4 Å². The molecule has 1 heterocycles. The van der Waals surface area contributed by atoms with Crippen LogP contribution in [0.1, 0.15) is 61.8 Å². The third kappa shape index (κ3) is 7.13.